The first-order chi connectivity index (χ1) is 5.86. The molecule has 0 aromatic carbocycles. The molecule has 4 heteroatoms. The highest BCUT2D eigenvalue weighted by molar-refractivity contribution is 5.90. The Morgan fingerprint density at radius 2 is 2.17 bits per heavy atom. The Morgan fingerprint density at radius 1 is 1.42 bits per heavy atom. The van der Waals surface area contributed by atoms with Gasteiger partial charge in [0.1, 0.15) is 0 Å². The number of hydrogen-bond donors (Lipinski definition) is 1. The summed E-state index contributed by atoms with van der Waals surface area (Å²) >= 11 is 0. The number of hydrogen-bond acceptors (Lipinski definition) is 3. The first kappa shape index (κ1) is 7.61. The number of ether oxygens (including phenoxy) is 1. The van der Waals surface area contributed by atoms with Gasteiger partial charge in [-0.2, -0.15) is 0 Å². The molecular weight excluding hydrogens is 156 g/mol. The van der Waals surface area contributed by atoms with Crippen molar-refractivity contribution in [3.05, 3.63) is 11.8 Å². The predicted octanol–water partition coefficient (Wildman–Crippen LogP) is -0.668. The van der Waals surface area contributed by atoms with Crippen LogP contribution >= 0.6 is 0 Å². The Hall–Kier alpha value is -1.03. The van der Waals surface area contributed by atoms with Gasteiger partial charge in [0, 0.05) is 24.9 Å². The topological polar surface area (TPSA) is 41.6 Å². The Kier molecular flexibility index (Phi) is 1.99. The second-order valence-electron chi connectivity index (χ2n) is 2.95. The molecule has 0 aromatic rings. The maximum Gasteiger partial charge on any atom is 0.246 e. The SMILES string of the molecule is O=C1C=C(N2CCOCC2)CN1. The molecule has 0 radical (unpaired) electrons. The van der Waals surface area contributed by atoms with Crippen LogP contribution in [0.1, 0.15) is 0 Å². The normalized spacial score (nSPS) is 23.8. The standard InChI is InChI=1S/C8H12N2O2/c11-8-5-7(6-9-8)10-1-3-12-4-2-10/h5H,1-4,6H2,(H,9,11). The van der Waals surface area contributed by atoms with Crippen LogP contribution in [-0.2, 0) is 9.53 Å². The molecule has 66 valence electrons. The zero-order chi connectivity index (χ0) is 8.39. The van der Waals surface area contributed by atoms with Crippen molar-refractivity contribution < 1.29 is 9.53 Å². The minimum Gasteiger partial charge on any atom is -0.378 e. The Morgan fingerprint density at radius 3 is 2.75 bits per heavy atom. The summed E-state index contributed by atoms with van der Waals surface area (Å²) in [6.07, 6.45) is 1.67. The van der Waals surface area contributed by atoms with E-state index in [0.717, 1.165) is 32.0 Å². The van der Waals surface area contributed by atoms with E-state index in [1.54, 1.807) is 6.08 Å². The van der Waals surface area contributed by atoms with Crippen molar-refractivity contribution in [2.24, 2.45) is 0 Å². The molecule has 0 saturated carbocycles. The highest BCUT2D eigenvalue weighted by Crippen LogP contribution is 2.09. The maximum absolute atomic E-state index is 10.9. The van der Waals surface area contributed by atoms with E-state index in [4.69, 9.17) is 4.74 Å². The van der Waals surface area contributed by atoms with E-state index in [2.05, 4.69) is 10.2 Å². The van der Waals surface area contributed by atoms with Gasteiger partial charge in [0.2, 0.25) is 5.91 Å². The first-order valence-corrected chi connectivity index (χ1v) is 4.17. The third-order valence-corrected chi connectivity index (χ3v) is 2.16. The van der Waals surface area contributed by atoms with Crippen LogP contribution in [0.25, 0.3) is 0 Å². The highest BCUT2D eigenvalue weighted by Gasteiger charge is 2.18. The van der Waals surface area contributed by atoms with Crippen molar-refractivity contribution in [1.29, 1.82) is 0 Å². The van der Waals surface area contributed by atoms with Crippen LogP contribution < -0.4 is 5.32 Å². The van der Waals surface area contributed by atoms with Crippen LogP contribution in [0.15, 0.2) is 11.8 Å². The molecule has 1 N–H and O–H groups in total. The van der Waals surface area contributed by atoms with Crippen LogP contribution in [-0.4, -0.2) is 43.7 Å². The van der Waals surface area contributed by atoms with Gasteiger partial charge in [-0.15, -0.1) is 0 Å². The molecule has 0 aliphatic carbocycles. The third-order valence-electron chi connectivity index (χ3n) is 2.16. The molecule has 2 rings (SSSR count). The van der Waals surface area contributed by atoms with E-state index in [0.29, 0.717) is 6.54 Å². The molecule has 0 atom stereocenters. The van der Waals surface area contributed by atoms with Crippen molar-refractivity contribution in [2.75, 3.05) is 32.8 Å². The van der Waals surface area contributed by atoms with Gasteiger partial charge < -0.3 is 15.0 Å². The highest BCUT2D eigenvalue weighted by atomic mass is 16.5. The number of rotatable bonds is 1. The second kappa shape index (κ2) is 3.15. The van der Waals surface area contributed by atoms with Crippen molar-refractivity contribution in [3.63, 3.8) is 0 Å². The van der Waals surface area contributed by atoms with Crippen molar-refractivity contribution in [3.8, 4) is 0 Å². The molecular formula is C8H12N2O2. The number of morpholine rings is 1. The molecule has 2 heterocycles. The molecule has 2 aliphatic rings. The van der Waals surface area contributed by atoms with Gasteiger partial charge in [-0.25, -0.2) is 0 Å². The molecule has 12 heavy (non-hydrogen) atoms. The lowest BCUT2D eigenvalue weighted by Gasteiger charge is -2.29. The fourth-order valence-electron chi connectivity index (χ4n) is 1.48. The summed E-state index contributed by atoms with van der Waals surface area (Å²) < 4.78 is 5.21. The van der Waals surface area contributed by atoms with Crippen molar-refractivity contribution in [2.45, 2.75) is 0 Å². The fraction of sp³-hybridized carbons (Fsp3) is 0.625. The monoisotopic (exact) mass is 168 g/mol. The number of nitrogens with zero attached hydrogens (tertiary/aromatic N) is 1. The summed E-state index contributed by atoms with van der Waals surface area (Å²) in [5.41, 5.74) is 1.10. The summed E-state index contributed by atoms with van der Waals surface area (Å²) in [5, 5.41) is 2.75. The molecule has 4 nitrogen and oxygen atoms in total. The van der Waals surface area contributed by atoms with E-state index in [9.17, 15) is 4.79 Å². The van der Waals surface area contributed by atoms with E-state index in [-0.39, 0.29) is 5.91 Å². The molecule has 0 bridgehead atoms. The van der Waals surface area contributed by atoms with Crippen LogP contribution in [0, 0.1) is 0 Å². The molecule has 0 spiro atoms. The summed E-state index contributed by atoms with van der Waals surface area (Å²) in [4.78, 5) is 13.0. The minimum atomic E-state index is 0.0245. The summed E-state index contributed by atoms with van der Waals surface area (Å²) in [7, 11) is 0. The molecule has 1 amide bonds. The summed E-state index contributed by atoms with van der Waals surface area (Å²) in [6.45, 7) is 4.03. The van der Waals surface area contributed by atoms with Gasteiger partial charge in [0.15, 0.2) is 0 Å². The molecule has 1 fully saturated rings. The van der Waals surface area contributed by atoms with Gasteiger partial charge in [-0.1, -0.05) is 0 Å². The Balaban J connectivity index is 1.99. The Labute approximate surface area is 71.2 Å². The van der Waals surface area contributed by atoms with E-state index >= 15 is 0 Å². The fourth-order valence-corrected chi connectivity index (χ4v) is 1.48. The van der Waals surface area contributed by atoms with Crippen molar-refractivity contribution >= 4 is 5.91 Å². The molecule has 1 saturated heterocycles. The number of nitrogens with one attached hydrogen (secondary N) is 1. The molecule has 0 aromatic heterocycles. The van der Waals surface area contributed by atoms with Crippen LogP contribution in [0.3, 0.4) is 0 Å². The summed E-state index contributed by atoms with van der Waals surface area (Å²) in [6, 6.07) is 0. The largest absolute Gasteiger partial charge is 0.378 e. The lowest BCUT2D eigenvalue weighted by Crippen LogP contribution is -2.36. The Bertz CT molecular complexity index is 219. The van der Waals surface area contributed by atoms with Crippen LogP contribution in [0.4, 0.5) is 0 Å². The van der Waals surface area contributed by atoms with Crippen LogP contribution in [0.5, 0.6) is 0 Å². The van der Waals surface area contributed by atoms with Gasteiger partial charge in [0.25, 0.3) is 0 Å². The smallest absolute Gasteiger partial charge is 0.246 e. The van der Waals surface area contributed by atoms with Crippen LogP contribution in [0.2, 0.25) is 0 Å². The lowest BCUT2D eigenvalue weighted by atomic mass is 10.3. The zero-order valence-corrected chi connectivity index (χ0v) is 6.88. The van der Waals surface area contributed by atoms with E-state index in [1.807, 2.05) is 0 Å². The van der Waals surface area contributed by atoms with Gasteiger partial charge in [-0.3, -0.25) is 4.79 Å². The number of amides is 1. The quantitative estimate of drug-likeness (QED) is 0.564. The zero-order valence-electron chi connectivity index (χ0n) is 6.88. The second-order valence-corrected chi connectivity index (χ2v) is 2.95. The van der Waals surface area contributed by atoms with Gasteiger partial charge >= 0.3 is 0 Å². The lowest BCUT2D eigenvalue weighted by molar-refractivity contribution is -0.115. The average Bonchev–Trinajstić information content (AvgIpc) is 2.54. The predicted molar refractivity (Wildman–Crippen MR) is 43.5 cm³/mol. The maximum atomic E-state index is 10.9. The van der Waals surface area contributed by atoms with Gasteiger partial charge in [0.05, 0.1) is 19.8 Å². The summed E-state index contributed by atoms with van der Waals surface area (Å²) in [5.74, 6) is 0.0245. The molecule has 0 unspecified atom stereocenters. The number of carbonyl (C=O) groups is 1. The van der Waals surface area contributed by atoms with E-state index < -0.39 is 0 Å². The average molecular weight is 168 g/mol. The minimum absolute atomic E-state index is 0.0245. The molecule has 2 aliphatic heterocycles. The first-order valence-electron chi connectivity index (χ1n) is 4.17. The van der Waals surface area contributed by atoms with E-state index in [1.165, 1.54) is 0 Å². The third kappa shape index (κ3) is 1.43. The number of carbonyl (C=O) groups excluding carboxylic acids is 1. The van der Waals surface area contributed by atoms with Crippen molar-refractivity contribution in [1.82, 2.24) is 10.2 Å². The van der Waals surface area contributed by atoms with Gasteiger partial charge in [-0.05, 0) is 0 Å².